The molecule has 1 fully saturated rings. The summed E-state index contributed by atoms with van der Waals surface area (Å²) in [5.41, 5.74) is -0.0382. The summed E-state index contributed by atoms with van der Waals surface area (Å²) >= 11 is 0. The maximum Gasteiger partial charge on any atom is 0.266 e. The number of carbonyl (C=O) groups is 2. The molecule has 0 aliphatic heterocycles. The molecule has 1 aliphatic rings. The van der Waals surface area contributed by atoms with E-state index in [1.165, 1.54) is 17.9 Å². The van der Waals surface area contributed by atoms with Crippen molar-refractivity contribution in [1.82, 2.24) is 14.9 Å². The van der Waals surface area contributed by atoms with E-state index >= 15 is 0 Å². The third-order valence-electron chi connectivity index (χ3n) is 4.06. The molecule has 2 amide bonds. The monoisotopic (exact) mass is 356 g/mol. The number of rotatable bonds is 6. The van der Waals surface area contributed by atoms with Gasteiger partial charge >= 0.3 is 0 Å². The van der Waals surface area contributed by atoms with Crippen molar-refractivity contribution >= 4 is 17.5 Å². The lowest BCUT2D eigenvalue weighted by Gasteiger charge is -2.12. The molecule has 1 aliphatic carbocycles. The van der Waals surface area contributed by atoms with Crippen LogP contribution >= 0.6 is 0 Å². The predicted octanol–water partition coefficient (Wildman–Crippen LogP) is 1.09. The highest BCUT2D eigenvalue weighted by molar-refractivity contribution is 5.94. The van der Waals surface area contributed by atoms with Crippen molar-refractivity contribution < 1.29 is 14.3 Å². The Kier molecular flexibility index (Phi) is 5.01. The van der Waals surface area contributed by atoms with Crippen LogP contribution in [0.1, 0.15) is 29.0 Å². The number of benzene rings is 1. The summed E-state index contributed by atoms with van der Waals surface area (Å²) in [4.78, 5) is 41.1. The van der Waals surface area contributed by atoms with Crippen molar-refractivity contribution in [2.24, 2.45) is 0 Å². The SMILES string of the molecule is COc1cccc(NC(=O)Cn2c(C)ncc(C(=O)NC3CC3)c2=O)c1. The second kappa shape index (κ2) is 7.38. The van der Waals surface area contributed by atoms with E-state index in [1.54, 1.807) is 31.2 Å². The summed E-state index contributed by atoms with van der Waals surface area (Å²) in [6.07, 6.45) is 3.09. The molecular formula is C18H20N4O4. The molecule has 2 aromatic rings. The fraction of sp³-hybridized carbons (Fsp3) is 0.333. The Morgan fingerprint density at radius 1 is 1.35 bits per heavy atom. The first-order valence-electron chi connectivity index (χ1n) is 8.29. The highest BCUT2D eigenvalue weighted by atomic mass is 16.5. The van der Waals surface area contributed by atoms with Gasteiger partial charge in [0.2, 0.25) is 5.91 Å². The van der Waals surface area contributed by atoms with Crippen LogP contribution in [0.2, 0.25) is 0 Å². The van der Waals surface area contributed by atoms with Crippen molar-refractivity contribution in [3.63, 3.8) is 0 Å². The van der Waals surface area contributed by atoms with E-state index in [0.29, 0.717) is 17.3 Å². The summed E-state index contributed by atoms with van der Waals surface area (Å²) in [5, 5.41) is 5.46. The minimum absolute atomic E-state index is 0.0586. The Morgan fingerprint density at radius 3 is 2.81 bits per heavy atom. The number of nitrogens with one attached hydrogen (secondary N) is 2. The second-order valence-electron chi connectivity index (χ2n) is 6.14. The highest BCUT2D eigenvalue weighted by Crippen LogP contribution is 2.19. The molecule has 2 N–H and O–H groups in total. The number of hydrogen-bond acceptors (Lipinski definition) is 5. The summed E-state index contributed by atoms with van der Waals surface area (Å²) in [5.74, 6) is 0.118. The lowest BCUT2D eigenvalue weighted by atomic mass is 10.3. The minimum atomic E-state index is -0.531. The summed E-state index contributed by atoms with van der Waals surface area (Å²) < 4.78 is 6.30. The molecule has 1 aromatic heterocycles. The number of anilines is 1. The van der Waals surface area contributed by atoms with Crippen LogP contribution in [0, 0.1) is 6.92 Å². The lowest BCUT2D eigenvalue weighted by Crippen LogP contribution is -2.37. The normalized spacial score (nSPS) is 13.2. The number of ether oxygens (including phenoxy) is 1. The Balaban J connectivity index is 1.76. The van der Waals surface area contributed by atoms with Crippen molar-refractivity contribution in [3.8, 4) is 5.75 Å². The Bertz CT molecular complexity index is 902. The second-order valence-corrected chi connectivity index (χ2v) is 6.14. The topological polar surface area (TPSA) is 102 Å². The number of methoxy groups -OCH3 is 1. The first kappa shape index (κ1) is 17.7. The van der Waals surface area contributed by atoms with Crippen molar-refractivity contribution in [2.75, 3.05) is 12.4 Å². The zero-order chi connectivity index (χ0) is 18.7. The van der Waals surface area contributed by atoms with Gasteiger partial charge in [0.1, 0.15) is 23.7 Å². The van der Waals surface area contributed by atoms with Gasteiger partial charge in [0.05, 0.1) is 7.11 Å². The Labute approximate surface area is 150 Å². The quantitative estimate of drug-likeness (QED) is 0.807. The molecule has 136 valence electrons. The molecule has 26 heavy (non-hydrogen) atoms. The van der Waals surface area contributed by atoms with Crippen LogP contribution in [0.3, 0.4) is 0 Å². The first-order valence-corrected chi connectivity index (χ1v) is 8.29. The molecule has 0 unspecified atom stereocenters. The molecule has 8 heteroatoms. The molecule has 0 radical (unpaired) electrons. The van der Waals surface area contributed by atoms with Crippen LogP contribution < -0.4 is 20.9 Å². The Morgan fingerprint density at radius 2 is 2.12 bits per heavy atom. The summed E-state index contributed by atoms with van der Waals surface area (Å²) in [7, 11) is 1.54. The molecular weight excluding hydrogens is 336 g/mol. The van der Waals surface area contributed by atoms with Crippen LogP contribution in [-0.4, -0.2) is 34.5 Å². The van der Waals surface area contributed by atoms with Crippen molar-refractivity contribution in [1.29, 1.82) is 0 Å². The van der Waals surface area contributed by atoms with E-state index in [2.05, 4.69) is 15.6 Å². The van der Waals surface area contributed by atoms with Crippen LogP contribution in [-0.2, 0) is 11.3 Å². The predicted molar refractivity (Wildman–Crippen MR) is 95.3 cm³/mol. The molecule has 0 atom stereocenters. The van der Waals surface area contributed by atoms with E-state index in [1.807, 2.05) is 0 Å². The molecule has 8 nitrogen and oxygen atoms in total. The zero-order valence-electron chi connectivity index (χ0n) is 14.6. The van der Waals surface area contributed by atoms with Gasteiger partial charge in [-0.1, -0.05) is 6.07 Å². The van der Waals surface area contributed by atoms with E-state index in [0.717, 1.165) is 12.8 Å². The third-order valence-corrected chi connectivity index (χ3v) is 4.06. The molecule has 3 rings (SSSR count). The summed E-state index contributed by atoms with van der Waals surface area (Å²) in [6, 6.07) is 7.03. The summed E-state index contributed by atoms with van der Waals surface area (Å²) in [6.45, 7) is 1.38. The van der Waals surface area contributed by atoms with Crippen molar-refractivity contribution in [3.05, 3.63) is 52.2 Å². The molecule has 0 saturated heterocycles. The lowest BCUT2D eigenvalue weighted by molar-refractivity contribution is -0.116. The van der Waals surface area contributed by atoms with Gasteiger partial charge in [0.15, 0.2) is 0 Å². The highest BCUT2D eigenvalue weighted by Gasteiger charge is 2.26. The van der Waals surface area contributed by atoms with Crippen LogP contribution in [0.15, 0.2) is 35.3 Å². The number of nitrogens with zero attached hydrogens (tertiary/aromatic N) is 2. The van der Waals surface area contributed by atoms with E-state index < -0.39 is 17.4 Å². The van der Waals surface area contributed by atoms with Gasteiger partial charge < -0.3 is 15.4 Å². The van der Waals surface area contributed by atoms with Gasteiger partial charge in [-0.2, -0.15) is 0 Å². The van der Waals surface area contributed by atoms with Gasteiger partial charge in [0, 0.05) is 24.0 Å². The average molecular weight is 356 g/mol. The van der Waals surface area contributed by atoms with Crippen LogP contribution in [0.4, 0.5) is 5.69 Å². The molecule has 1 aromatic carbocycles. The smallest absolute Gasteiger partial charge is 0.266 e. The maximum absolute atomic E-state index is 12.6. The number of aromatic nitrogens is 2. The van der Waals surface area contributed by atoms with Gasteiger partial charge in [0.25, 0.3) is 11.5 Å². The minimum Gasteiger partial charge on any atom is -0.497 e. The number of hydrogen-bond donors (Lipinski definition) is 2. The molecule has 0 bridgehead atoms. The van der Waals surface area contributed by atoms with E-state index in [4.69, 9.17) is 4.74 Å². The molecule has 1 heterocycles. The largest absolute Gasteiger partial charge is 0.497 e. The number of carbonyl (C=O) groups excluding carboxylic acids is 2. The number of amides is 2. The van der Waals surface area contributed by atoms with Gasteiger partial charge in [-0.15, -0.1) is 0 Å². The van der Waals surface area contributed by atoms with Gasteiger partial charge in [-0.3, -0.25) is 19.0 Å². The van der Waals surface area contributed by atoms with Crippen LogP contribution in [0.25, 0.3) is 0 Å². The zero-order valence-corrected chi connectivity index (χ0v) is 14.6. The third kappa shape index (κ3) is 4.08. The van der Waals surface area contributed by atoms with E-state index in [9.17, 15) is 14.4 Å². The standard InChI is InChI=1S/C18H20N4O4/c1-11-19-9-15(17(24)21-12-6-7-12)18(25)22(11)10-16(23)20-13-4-3-5-14(8-13)26-2/h3-5,8-9,12H,6-7,10H2,1-2H3,(H,20,23)(H,21,24). The molecule has 0 spiro atoms. The molecule has 1 saturated carbocycles. The van der Waals surface area contributed by atoms with Crippen molar-refractivity contribution in [2.45, 2.75) is 32.4 Å². The van der Waals surface area contributed by atoms with Gasteiger partial charge in [-0.25, -0.2) is 4.98 Å². The number of aryl methyl sites for hydroxylation is 1. The average Bonchev–Trinajstić information content (AvgIpc) is 3.42. The van der Waals surface area contributed by atoms with Gasteiger partial charge in [-0.05, 0) is 31.9 Å². The Hall–Kier alpha value is -3.16. The fourth-order valence-corrected chi connectivity index (χ4v) is 2.45. The fourth-order valence-electron chi connectivity index (χ4n) is 2.45. The first-order chi connectivity index (χ1) is 12.5. The maximum atomic E-state index is 12.6. The van der Waals surface area contributed by atoms with E-state index in [-0.39, 0.29) is 18.2 Å². The van der Waals surface area contributed by atoms with Crippen LogP contribution in [0.5, 0.6) is 5.75 Å².